The average molecular weight is 449 g/mol. The molecule has 0 aliphatic heterocycles. The molecule has 28 heavy (non-hydrogen) atoms. The second-order valence-corrected chi connectivity index (χ2v) is 8.51. The third kappa shape index (κ3) is 5.63. The summed E-state index contributed by atoms with van der Waals surface area (Å²) in [6.45, 7) is -0.471. The first-order valence-corrected chi connectivity index (χ1v) is 10.3. The van der Waals surface area contributed by atoms with Crippen LogP contribution in [0.2, 0.25) is 10.0 Å². The lowest BCUT2D eigenvalue weighted by Gasteiger charge is -2.24. The van der Waals surface area contributed by atoms with Gasteiger partial charge < -0.3 is 23.3 Å². The van der Waals surface area contributed by atoms with Crippen molar-refractivity contribution in [2.24, 2.45) is 0 Å². The first kappa shape index (κ1) is 22.5. The zero-order valence-corrected chi connectivity index (χ0v) is 17.8. The lowest BCUT2D eigenvalue weighted by atomic mass is 10.2. The van der Waals surface area contributed by atoms with Gasteiger partial charge in [0.15, 0.2) is 6.61 Å². The monoisotopic (exact) mass is 448 g/mol. The maximum absolute atomic E-state index is 12.9. The number of carbonyl (C=O) groups excluding carboxylic acids is 1. The predicted octanol–water partition coefficient (Wildman–Crippen LogP) is 5.11. The topological polar surface area (TPSA) is 80.3 Å². The first-order chi connectivity index (χ1) is 13.3. The van der Waals surface area contributed by atoms with Crippen LogP contribution in [0.25, 0.3) is 0 Å². The standard InChI is InChI=1S/C18H19Cl2O7P/c1-23-14-7-4-12(5-8-14)18(28(22,24-2)25-3)27-17(21)11-26-16-9-6-13(19)10-15(16)20/h4-10,18H,11H2,1-3H3. The summed E-state index contributed by atoms with van der Waals surface area (Å²) in [6, 6.07) is 11.0. The molecule has 10 heteroatoms. The smallest absolute Gasteiger partial charge is 0.375 e. The number of esters is 1. The van der Waals surface area contributed by atoms with Crippen molar-refractivity contribution < 1.29 is 32.6 Å². The van der Waals surface area contributed by atoms with E-state index in [0.717, 1.165) is 0 Å². The minimum Gasteiger partial charge on any atom is -0.497 e. The molecule has 0 aliphatic carbocycles. The molecule has 0 saturated heterocycles. The Morgan fingerprint density at radius 3 is 2.21 bits per heavy atom. The molecule has 152 valence electrons. The number of ether oxygens (including phenoxy) is 3. The lowest BCUT2D eigenvalue weighted by Crippen LogP contribution is -2.19. The molecule has 0 aliphatic rings. The number of carbonyl (C=O) groups is 1. The zero-order chi connectivity index (χ0) is 20.7. The zero-order valence-electron chi connectivity index (χ0n) is 15.4. The molecule has 0 bridgehead atoms. The molecule has 0 spiro atoms. The highest BCUT2D eigenvalue weighted by Gasteiger charge is 2.39. The van der Waals surface area contributed by atoms with Crippen LogP contribution >= 0.6 is 30.8 Å². The first-order valence-electron chi connectivity index (χ1n) is 7.95. The van der Waals surface area contributed by atoms with Gasteiger partial charge in [-0.3, -0.25) is 4.57 Å². The fraction of sp³-hybridized carbons (Fsp3) is 0.278. The van der Waals surface area contributed by atoms with Gasteiger partial charge in [-0.25, -0.2) is 4.79 Å². The number of methoxy groups -OCH3 is 1. The van der Waals surface area contributed by atoms with Crippen molar-refractivity contribution in [3.8, 4) is 11.5 Å². The van der Waals surface area contributed by atoms with Gasteiger partial charge in [0.05, 0.1) is 12.1 Å². The third-order valence-electron chi connectivity index (χ3n) is 3.68. The highest BCUT2D eigenvalue weighted by molar-refractivity contribution is 7.54. The summed E-state index contributed by atoms with van der Waals surface area (Å²) in [6.07, 6.45) is 0. The molecule has 0 radical (unpaired) electrons. The van der Waals surface area contributed by atoms with Crippen LogP contribution in [0.5, 0.6) is 11.5 Å². The quantitative estimate of drug-likeness (QED) is 0.389. The molecule has 2 aromatic carbocycles. The SMILES string of the molecule is COc1ccc(C(OC(=O)COc2ccc(Cl)cc2Cl)P(=O)(OC)OC)cc1. The van der Waals surface area contributed by atoms with Crippen molar-refractivity contribution >= 4 is 36.8 Å². The van der Waals surface area contributed by atoms with E-state index in [9.17, 15) is 9.36 Å². The molecule has 0 heterocycles. The van der Waals surface area contributed by atoms with Gasteiger partial charge in [-0.15, -0.1) is 0 Å². The van der Waals surface area contributed by atoms with Crippen LogP contribution in [-0.4, -0.2) is 33.9 Å². The van der Waals surface area contributed by atoms with E-state index in [4.69, 9.17) is 46.5 Å². The van der Waals surface area contributed by atoms with Gasteiger partial charge in [0.25, 0.3) is 0 Å². The van der Waals surface area contributed by atoms with Crippen LogP contribution in [0, 0.1) is 0 Å². The van der Waals surface area contributed by atoms with Crippen molar-refractivity contribution in [3.05, 3.63) is 58.1 Å². The molecule has 0 amide bonds. The van der Waals surface area contributed by atoms with Gasteiger partial charge in [0.1, 0.15) is 11.5 Å². The molecular formula is C18H19Cl2O7P. The fourth-order valence-corrected chi connectivity index (χ4v) is 4.02. The van der Waals surface area contributed by atoms with E-state index in [1.807, 2.05) is 0 Å². The van der Waals surface area contributed by atoms with E-state index in [2.05, 4.69) is 0 Å². The Morgan fingerprint density at radius 1 is 1.04 bits per heavy atom. The molecule has 2 rings (SSSR count). The summed E-state index contributed by atoms with van der Waals surface area (Å²) in [5, 5.41) is 0.673. The van der Waals surface area contributed by atoms with E-state index in [1.165, 1.54) is 33.5 Å². The summed E-state index contributed by atoms with van der Waals surface area (Å²) in [5.41, 5.74) is 0.408. The molecular weight excluding hydrogens is 430 g/mol. The van der Waals surface area contributed by atoms with Gasteiger partial charge in [0.2, 0.25) is 5.85 Å². The van der Waals surface area contributed by atoms with Gasteiger partial charge in [-0.05, 0) is 30.3 Å². The minimum atomic E-state index is -3.79. The Hall–Kier alpha value is -1.76. The summed E-state index contributed by atoms with van der Waals surface area (Å²) in [4.78, 5) is 12.3. The molecule has 0 saturated carbocycles. The van der Waals surface area contributed by atoms with Crippen LogP contribution < -0.4 is 9.47 Å². The molecule has 2 aromatic rings. The van der Waals surface area contributed by atoms with Gasteiger partial charge in [-0.2, -0.15) is 0 Å². The predicted molar refractivity (Wildman–Crippen MR) is 105 cm³/mol. The summed E-state index contributed by atoms with van der Waals surface area (Å²) in [5.74, 6) is -1.24. The second-order valence-electron chi connectivity index (χ2n) is 5.38. The van der Waals surface area contributed by atoms with E-state index in [1.54, 1.807) is 30.3 Å². The Labute approximate surface area is 172 Å². The normalized spacial score (nSPS) is 12.3. The van der Waals surface area contributed by atoms with Gasteiger partial charge >= 0.3 is 13.6 Å². The van der Waals surface area contributed by atoms with Crippen molar-refractivity contribution in [2.75, 3.05) is 27.9 Å². The van der Waals surface area contributed by atoms with Crippen molar-refractivity contribution in [3.63, 3.8) is 0 Å². The molecule has 0 N–H and O–H groups in total. The molecule has 0 fully saturated rings. The van der Waals surface area contributed by atoms with E-state index in [0.29, 0.717) is 16.3 Å². The van der Waals surface area contributed by atoms with E-state index in [-0.39, 0.29) is 10.8 Å². The maximum Gasteiger partial charge on any atom is 0.375 e. The van der Waals surface area contributed by atoms with Crippen molar-refractivity contribution in [2.45, 2.75) is 5.85 Å². The molecule has 1 unspecified atom stereocenters. The summed E-state index contributed by atoms with van der Waals surface area (Å²) < 4.78 is 38.7. The molecule has 0 aromatic heterocycles. The molecule has 1 atom stereocenters. The van der Waals surface area contributed by atoms with Crippen LogP contribution in [0.15, 0.2) is 42.5 Å². The van der Waals surface area contributed by atoms with Crippen LogP contribution in [0.1, 0.15) is 11.4 Å². The Morgan fingerprint density at radius 2 is 1.68 bits per heavy atom. The van der Waals surface area contributed by atoms with E-state index < -0.39 is 26.0 Å². The fourth-order valence-electron chi connectivity index (χ4n) is 2.24. The van der Waals surface area contributed by atoms with Crippen LogP contribution in [0.4, 0.5) is 0 Å². The number of rotatable bonds is 9. The molecule has 7 nitrogen and oxygen atoms in total. The van der Waals surface area contributed by atoms with Crippen molar-refractivity contribution in [1.29, 1.82) is 0 Å². The second kappa shape index (κ2) is 10.1. The number of halogens is 2. The lowest BCUT2D eigenvalue weighted by molar-refractivity contribution is -0.149. The van der Waals surface area contributed by atoms with Gasteiger partial charge in [-0.1, -0.05) is 35.3 Å². The number of hydrogen-bond acceptors (Lipinski definition) is 7. The average Bonchev–Trinajstić information content (AvgIpc) is 2.71. The highest BCUT2D eigenvalue weighted by Crippen LogP contribution is 2.60. The highest BCUT2D eigenvalue weighted by atomic mass is 35.5. The van der Waals surface area contributed by atoms with Crippen LogP contribution in [0.3, 0.4) is 0 Å². The Balaban J connectivity index is 2.16. The van der Waals surface area contributed by atoms with Gasteiger partial charge in [0, 0.05) is 24.8 Å². The minimum absolute atomic E-state index is 0.242. The Kier molecular flexibility index (Phi) is 8.16. The summed E-state index contributed by atoms with van der Waals surface area (Å²) >= 11 is 11.8. The van der Waals surface area contributed by atoms with E-state index >= 15 is 0 Å². The largest absolute Gasteiger partial charge is 0.497 e. The van der Waals surface area contributed by atoms with Crippen LogP contribution in [-0.2, 0) is 23.1 Å². The summed E-state index contributed by atoms with van der Waals surface area (Å²) in [7, 11) is 0.143. The van der Waals surface area contributed by atoms with Crippen molar-refractivity contribution in [1.82, 2.24) is 0 Å². The third-order valence-corrected chi connectivity index (χ3v) is 6.21. The Bertz CT molecular complexity index is 850. The maximum atomic E-state index is 12.9. The number of benzene rings is 2. The number of hydrogen-bond donors (Lipinski definition) is 0.